The molecule has 1 amide bonds. The Morgan fingerprint density at radius 3 is 2.58 bits per heavy atom. The predicted molar refractivity (Wildman–Crippen MR) is 73.0 cm³/mol. The smallest absolute Gasteiger partial charge is 0.327 e. The quantitative estimate of drug-likeness (QED) is 0.863. The first kappa shape index (κ1) is 15.9. The molecule has 1 aromatic rings. The van der Waals surface area contributed by atoms with Gasteiger partial charge in [-0.25, -0.2) is 4.79 Å². The highest BCUT2D eigenvalue weighted by molar-refractivity contribution is 7.85. The van der Waals surface area contributed by atoms with Crippen LogP contribution in [0.1, 0.15) is 6.92 Å². The Hall–Kier alpha value is -1.11. The third-order valence-corrected chi connectivity index (χ3v) is 4.27. The van der Waals surface area contributed by atoms with Crippen LogP contribution >= 0.6 is 23.2 Å². The maximum Gasteiger partial charge on any atom is 0.327 e. The molecule has 0 saturated heterocycles. The normalized spacial score (nSPS) is 13.6. The third-order valence-electron chi connectivity index (χ3n) is 2.13. The van der Waals surface area contributed by atoms with Gasteiger partial charge in [0.05, 0.1) is 26.5 Å². The molecule has 0 saturated carbocycles. The largest absolute Gasteiger partial charge is 0.480 e. The van der Waals surface area contributed by atoms with Crippen molar-refractivity contribution >= 4 is 45.9 Å². The van der Waals surface area contributed by atoms with Crippen molar-refractivity contribution in [1.82, 2.24) is 5.32 Å². The van der Waals surface area contributed by atoms with Crippen molar-refractivity contribution in [2.75, 3.05) is 5.75 Å². The third kappa shape index (κ3) is 4.81. The lowest BCUT2D eigenvalue weighted by Crippen LogP contribution is -2.43. The SMILES string of the molecule is CC(=O)NC(CS(=O)c1cc(Cl)ccc1Cl)C(=O)O. The molecule has 0 spiro atoms. The van der Waals surface area contributed by atoms with E-state index in [0.29, 0.717) is 5.02 Å². The molecule has 5 nitrogen and oxygen atoms in total. The van der Waals surface area contributed by atoms with E-state index in [1.807, 2.05) is 0 Å². The van der Waals surface area contributed by atoms with Crippen LogP contribution in [0.3, 0.4) is 0 Å². The molecule has 0 aliphatic rings. The lowest BCUT2D eigenvalue weighted by atomic mass is 10.3. The molecule has 0 radical (unpaired) electrons. The summed E-state index contributed by atoms with van der Waals surface area (Å²) in [4.78, 5) is 22.1. The minimum atomic E-state index is -1.68. The standard InChI is InChI=1S/C11H11Cl2NO4S/c1-6(15)14-9(11(16)17)5-19(18)10-4-7(12)2-3-8(10)13/h2-4,9H,5H2,1H3,(H,14,15)(H,16,17). The van der Waals surface area contributed by atoms with Gasteiger partial charge in [0, 0.05) is 11.9 Å². The van der Waals surface area contributed by atoms with Crippen LogP contribution in [0.25, 0.3) is 0 Å². The second kappa shape index (κ2) is 6.88. The maximum atomic E-state index is 12.1. The number of carboxylic acids is 1. The van der Waals surface area contributed by atoms with Crippen LogP contribution in [-0.4, -0.2) is 33.0 Å². The second-order valence-electron chi connectivity index (χ2n) is 3.68. The highest BCUT2D eigenvalue weighted by atomic mass is 35.5. The van der Waals surface area contributed by atoms with Crippen LogP contribution in [-0.2, 0) is 20.4 Å². The Morgan fingerprint density at radius 1 is 1.42 bits per heavy atom. The van der Waals surface area contributed by atoms with Crippen molar-refractivity contribution in [3.05, 3.63) is 28.2 Å². The fourth-order valence-electron chi connectivity index (χ4n) is 1.31. The molecule has 0 aromatic heterocycles. The summed E-state index contributed by atoms with van der Waals surface area (Å²) in [6.45, 7) is 1.19. The van der Waals surface area contributed by atoms with Crippen molar-refractivity contribution in [1.29, 1.82) is 0 Å². The summed E-state index contributed by atoms with van der Waals surface area (Å²) in [7, 11) is -1.68. The van der Waals surface area contributed by atoms with Crippen LogP contribution < -0.4 is 5.32 Å². The lowest BCUT2D eigenvalue weighted by Gasteiger charge is -2.13. The zero-order valence-electron chi connectivity index (χ0n) is 9.85. The lowest BCUT2D eigenvalue weighted by molar-refractivity contribution is -0.140. The van der Waals surface area contributed by atoms with E-state index in [-0.39, 0.29) is 15.7 Å². The van der Waals surface area contributed by atoms with Crippen LogP contribution in [0.2, 0.25) is 10.0 Å². The molecular formula is C11H11Cl2NO4S. The Bertz CT molecular complexity index is 535. The van der Waals surface area contributed by atoms with Gasteiger partial charge in [0.2, 0.25) is 5.91 Å². The number of carboxylic acid groups (broad SMARTS) is 1. The van der Waals surface area contributed by atoms with E-state index < -0.39 is 28.7 Å². The zero-order valence-corrected chi connectivity index (χ0v) is 12.2. The van der Waals surface area contributed by atoms with Crippen LogP contribution in [0.4, 0.5) is 0 Å². The minimum absolute atomic E-state index is 0.231. The first-order valence-electron chi connectivity index (χ1n) is 5.14. The molecule has 0 heterocycles. The number of aliphatic carboxylic acids is 1. The fraction of sp³-hybridized carbons (Fsp3) is 0.273. The number of carbonyl (C=O) groups is 2. The van der Waals surface area contributed by atoms with Gasteiger partial charge in [0.15, 0.2) is 0 Å². The number of carbonyl (C=O) groups excluding carboxylic acids is 1. The molecule has 0 fully saturated rings. The maximum absolute atomic E-state index is 12.1. The zero-order chi connectivity index (χ0) is 14.6. The van der Waals surface area contributed by atoms with Crippen molar-refractivity contribution in [3.63, 3.8) is 0 Å². The number of rotatable bonds is 5. The van der Waals surface area contributed by atoms with E-state index in [1.165, 1.54) is 25.1 Å². The highest BCUT2D eigenvalue weighted by Gasteiger charge is 2.23. The molecule has 2 unspecified atom stereocenters. The first-order valence-corrected chi connectivity index (χ1v) is 7.22. The van der Waals surface area contributed by atoms with Gasteiger partial charge in [-0.1, -0.05) is 23.2 Å². The van der Waals surface area contributed by atoms with Crippen molar-refractivity contribution in [2.45, 2.75) is 17.9 Å². The van der Waals surface area contributed by atoms with Gasteiger partial charge in [-0.3, -0.25) is 9.00 Å². The molecule has 0 aliphatic heterocycles. The number of benzene rings is 1. The predicted octanol–water partition coefficient (Wildman–Crippen LogP) is 1.69. The highest BCUT2D eigenvalue weighted by Crippen LogP contribution is 2.24. The van der Waals surface area contributed by atoms with E-state index in [2.05, 4.69) is 5.32 Å². The molecule has 0 bridgehead atoms. The average molecular weight is 324 g/mol. The second-order valence-corrected chi connectivity index (χ2v) is 5.99. The topological polar surface area (TPSA) is 83.5 Å². The van der Waals surface area contributed by atoms with Gasteiger partial charge >= 0.3 is 5.97 Å². The Balaban J connectivity index is 2.90. The Kier molecular flexibility index (Phi) is 5.78. The molecule has 104 valence electrons. The fourth-order valence-corrected chi connectivity index (χ4v) is 3.18. The minimum Gasteiger partial charge on any atom is -0.480 e. The summed E-state index contributed by atoms with van der Waals surface area (Å²) in [6, 6.07) is 3.18. The van der Waals surface area contributed by atoms with Gasteiger partial charge in [-0.15, -0.1) is 0 Å². The van der Waals surface area contributed by atoms with Crippen LogP contribution in [0.5, 0.6) is 0 Å². The number of nitrogens with one attached hydrogen (secondary N) is 1. The van der Waals surface area contributed by atoms with Crippen molar-refractivity contribution in [3.8, 4) is 0 Å². The average Bonchev–Trinajstić information content (AvgIpc) is 2.30. The van der Waals surface area contributed by atoms with Gasteiger partial charge in [-0.2, -0.15) is 0 Å². The monoisotopic (exact) mass is 323 g/mol. The summed E-state index contributed by atoms with van der Waals surface area (Å²) in [5.74, 6) is -2.06. The molecule has 19 heavy (non-hydrogen) atoms. The molecule has 2 N–H and O–H groups in total. The van der Waals surface area contributed by atoms with Gasteiger partial charge in [-0.05, 0) is 18.2 Å². The summed E-state index contributed by atoms with van der Waals surface area (Å²) in [5.41, 5.74) is 0. The van der Waals surface area contributed by atoms with Gasteiger partial charge < -0.3 is 10.4 Å². The summed E-state index contributed by atoms with van der Waals surface area (Å²) in [6.07, 6.45) is 0. The van der Waals surface area contributed by atoms with Gasteiger partial charge in [0.1, 0.15) is 6.04 Å². The summed E-state index contributed by atoms with van der Waals surface area (Å²) >= 11 is 11.6. The van der Waals surface area contributed by atoms with Crippen molar-refractivity contribution < 1.29 is 18.9 Å². The molecule has 8 heteroatoms. The number of hydrogen-bond acceptors (Lipinski definition) is 3. The molecule has 0 aliphatic carbocycles. The van der Waals surface area contributed by atoms with E-state index in [4.69, 9.17) is 28.3 Å². The van der Waals surface area contributed by atoms with Crippen molar-refractivity contribution in [2.24, 2.45) is 0 Å². The Morgan fingerprint density at radius 2 is 2.05 bits per heavy atom. The van der Waals surface area contributed by atoms with Crippen LogP contribution in [0.15, 0.2) is 23.1 Å². The number of halogens is 2. The summed E-state index contributed by atoms with van der Waals surface area (Å²) in [5, 5.41) is 11.7. The van der Waals surface area contributed by atoms with E-state index in [1.54, 1.807) is 0 Å². The van der Waals surface area contributed by atoms with E-state index in [0.717, 1.165) is 0 Å². The number of hydrogen-bond donors (Lipinski definition) is 2. The van der Waals surface area contributed by atoms with E-state index >= 15 is 0 Å². The molecule has 2 atom stereocenters. The van der Waals surface area contributed by atoms with Crippen LogP contribution in [0, 0.1) is 0 Å². The van der Waals surface area contributed by atoms with Gasteiger partial charge in [0.25, 0.3) is 0 Å². The molecule has 1 aromatic carbocycles. The first-order chi connectivity index (χ1) is 8.81. The summed E-state index contributed by atoms with van der Waals surface area (Å²) < 4.78 is 12.1. The Labute approximate surface area is 122 Å². The molecular weight excluding hydrogens is 313 g/mol. The van der Waals surface area contributed by atoms with E-state index in [9.17, 15) is 13.8 Å². The number of amides is 1. The molecule has 1 rings (SSSR count).